The Hall–Kier alpha value is -4.04. The molecule has 0 atom stereocenters. The topological polar surface area (TPSA) is 84.2 Å². The van der Waals surface area contributed by atoms with E-state index in [9.17, 15) is 9.59 Å². The third-order valence-electron chi connectivity index (χ3n) is 5.18. The molecule has 0 amide bonds. The number of halogens is 1. The van der Waals surface area contributed by atoms with Crippen molar-refractivity contribution in [1.29, 1.82) is 0 Å². The van der Waals surface area contributed by atoms with E-state index in [-0.39, 0.29) is 16.9 Å². The van der Waals surface area contributed by atoms with Crippen molar-refractivity contribution in [3.8, 4) is 34.3 Å². The van der Waals surface area contributed by atoms with Gasteiger partial charge < -0.3 is 23.4 Å². The summed E-state index contributed by atoms with van der Waals surface area (Å²) >= 11 is 3.45. The van der Waals surface area contributed by atoms with E-state index in [0.29, 0.717) is 32.9 Å². The maximum Gasteiger partial charge on any atom is 0.336 e. The summed E-state index contributed by atoms with van der Waals surface area (Å²) in [5.74, 6) is 0.701. The van der Waals surface area contributed by atoms with Crippen LogP contribution < -0.4 is 24.4 Å². The summed E-state index contributed by atoms with van der Waals surface area (Å²) in [5, 5.41) is 0.290. The zero-order chi connectivity index (χ0) is 24.9. The molecule has 0 saturated heterocycles. The van der Waals surface area contributed by atoms with Gasteiger partial charge in [0.2, 0.25) is 11.2 Å². The monoisotopic (exact) mass is 536 g/mol. The largest absolute Gasteiger partial charge is 0.497 e. The number of rotatable bonds is 7. The summed E-state index contributed by atoms with van der Waals surface area (Å²) in [6.07, 6.45) is 2.82. The fraction of sp³-hybridized carbons (Fsp3) is 0.111. The van der Waals surface area contributed by atoms with E-state index in [1.54, 1.807) is 73.8 Å². The van der Waals surface area contributed by atoms with Gasteiger partial charge in [-0.25, -0.2) is 4.79 Å². The maximum atomic E-state index is 13.3. The highest BCUT2D eigenvalue weighted by molar-refractivity contribution is 9.10. The van der Waals surface area contributed by atoms with E-state index >= 15 is 0 Å². The van der Waals surface area contributed by atoms with E-state index in [0.717, 1.165) is 5.56 Å². The van der Waals surface area contributed by atoms with Crippen molar-refractivity contribution < 1.29 is 28.2 Å². The lowest BCUT2D eigenvalue weighted by atomic mass is 10.1. The van der Waals surface area contributed by atoms with Crippen LogP contribution in [-0.4, -0.2) is 27.3 Å². The SMILES string of the molecule is COc1ccc(/C=C/C(=O)Oc2c(-c3cc(Br)c(OC)c(OC)c3)oc3ccccc3c2=O)cc1. The smallest absolute Gasteiger partial charge is 0.336 e. The lowest BCUT2D eigenvalue weighted by Gasteiger charge is -2.14. The standard InChI is InChI=1S/C27H21BrO7/c1-31-18-11-8-16(9-12-18)10-13-23(29)35-27-24(30)19-6-4-5-7-21(19)34-25(27)17-14-20(28)26(33-3)22(15-17)32-2/h4-15H,1-3H3/b13-10+. The molecule has 0 fully saturated rings. The van der Waals surface area contributed by atoms with Gasteiger partial charge in [0.05, 0.1) is 31.2 Å². The predicted molar refractivity (Wildman–Crippen MR) is 136 cm³/mol. The minimum absolute atomic E-state index is 0.0848. The second-order valence-electron chi connectivity index (χ2n) is 7.31. The van der Waals surface area contributed by atoms with Crippen LogP contribution in [0.4, 0.5) is 0 Å². The molecule has 4 aromatic rings. The molecule has 35 heavy (non-hydrogen) atoms. The lowest BCUT2D eigenvalue weighted by Crippen LogP contribution is -2.14. The molecule has 1 heterocycles. The molecule has 0 aliphatic heterocycles. The van der Waals surface area contributed by atoms with Gasteiger partial charge in [-0.1, -0.05) is 24.3 Å². The minimum Gasteiger partial charge on any atom is -0.497 e. The highest BCUT2D eigenvalue weighted by Gasteiger charge is 2.22. The van der Waals surface area contributed by atoms with Gasteiger partial charge in [0.15, 0.2) is 17.3 Å². The fourth-order valence-corrected chi connectivity index (χ4v) is 4.07. The molecular formula is C27H21BrO7. The highest BCUT2D eigenvalue weighted by atomic mass is 79.9. The molecule has 0 aliphatic rings. The third-order valence-corrected chi connectivity index (χ3v) is 5.77. The Balaban J connectivity index is 1.78. The molecule has 0 radical (unpaired) electrons. The molecule has 0 N–H and O–H groups in total. The van der Waals surface area contributed by atoms with E-state index < -0.39 is 11.4 Å². The number of hydrogen-bond acceptors (Lipinski definition) is 7. The number of carbonyl (C=O) groups excluding carboxylic acids is 1. The van der Waals surface area contributed by atoms with Gasteiger partial charge in [-0.15, -0.1) is 0 Å². The molecule has 4 rings (SSSR count). The van der Waals surface area contributed by atoms with Gasteiger partial charge in [-0.05, 0) is 64.0 Å². The summed E-state index contributed by atoms with van der Waals surface area (Å²) < 4.78 is 28.1. The van der Waals surface area contributed by atoms with Gasteiger partial charge in [0, 0.05) is 11.6 Å². The number of para-hydroxylation sites is 1. The van der Waals surface area contributed by atoms with Gasteiger partial charge in [-0.2, -0.15) is 0 Å². The quantitative estimate of drug-likeness (QED) is 0.216. The zero-order valence-corrected chi connectivity index (χ0v) is 20.7. The van der Waals surface area contributed by atoms with Crippen LogP contribution in [0.3, 0.4) is 0 Å². The fourth-order valence-electron chi connectivity index (χ4n) is 3.47. The van der Waals surface area contributed by atoms with Gasteiger partial charge in [-0.3, -0.25) is 4.79 Å². The van der Waals surface area contributed by atoms with Gasteiger partial charge >= 0.3 is 5.97 Å². The average molecular weight is 537 g/mol. The normalized spacial score (nSPS) is 11.0. The van der Waals surface area contributed by atoms with Crippen LogP contribution in [0.5, 0.6) is 23.0 Å². The number of carbonyl (C=O) groups is 1. The summed E-state index contributed by atoms with van der Waals surface area (Å²) in [7, 11) is 4.59. The molecule has 1 aromatic heterocycles. The second-order valence-corrected chi connectivity index (χ2v) is 8.16. The Labute approximate surface area is 209 Å². The first-order valence-electron chi connectivity index (χ1n) is 10.5. The highest BCUT2D eigenvalue weighted by Crippen LogP contribution is 2.41. The average Bonchev–Trinajstić information content (AvgIpc) is 2.88. The Bertz CT molecular complexity index is 1470. The first-order chi connectivity index (χ1) is 16.9. The molecular weight excluding hydrogens is 516 g/mol. The number of esters is 1. The van der Waals surface area contributed by atoms with Crippen molar-refractivity contribution in [2.75, 3.05) is 21.3 Å². The van der Waals surface area contributed by atoms with Crippen LogP contribution in [0.25, 0.3) is 28.4 Å². The van der Waals surface area contributed by atoms with E-state index in [2.05, 4.69) is 15.9 Å². The van der Waals surface area contributed by atoms with E-state index in [4.69, 9.17) is 23.4 Å². The number of fused-ring (bicyclic) bond motifs is 1. The summed E-state index contributed by atoms with van der Waals surface area (Å²) in [4.78, 5) is 26.0. The van der Waals surface area contributed by atoms with E-state index in [1.165, 1.54) is 20.3 Å². The van der Waals surface area contributed by atoms with Crippen molar-refractivity contribution in [3.05, 3.63) is 87.0 Å². The van der Waals surface area contributed by atoms with Crippen LogP contribution in [0.15, 0.2) is 80.4 Å². The molecule has 0 bridgehead atoms. The van der Waals surface area contributed by atoms with Crippen LogP contribution in [0, 0.1) is 0 Å². The van der Waals surface area contributed by atoms with Gasteiger partial charge in [0.1, 0.15) is 11.3 Å². The Morgan fingerprint density at radius 3 is 2.34 bits per heavy atom. The first-order valence-corrected chi connectivity index (χ1v) is 11.3. The van der Waals surface area contributed by atoms with Crippen molar-refractivity contribution >= 4 is 38.9 Å². The molecule has 0 spiro atoms. The van der Waals surface area contributed by atoms with Crippen LogP contribution in [0.2, 0.25) is 0 Å². The number of ether oxygens (including phenoxy) is 4. The summed E-state index contributed by atoms with van der Waals surface area (Å²) in [6.45, 7) is 0. The van der Waals surface area contributed by atoms with Crippen molar-refractivity contribution in [3.63, 3.8) is 0 Å². The van der Waals surface area contributed by atoms with Crippen molar-refractivity contribution in [1.82, 2.24) is 0 Å². The summed E-state index contributed by atoms with van der Waals surface area (Å²) in [6, 6.07) is 17.2. The Morgan fingerprint density at radius 1 is 0.914 bits per heavy atom. The predicted octanol–water partition coefficient (Wildman–Crippen LogP) is 5.87. The molecule has 178 valence electrons. The van der Waals surface area contributed by atoms with Crippen molar-refractivity contribution in [2.24, 2.45) is 0 Å². The molecule has 0 aliphatic carbocycles. The number of benzene rings is 3. The third kappa shape index (κ3) is 5.07. The van der Waals surface area contributed by atoms with Crippen LogP contribution in [-0.2, 0) is 4.79 Å². The molecule has 7 nitrogen and oxygen atoms in total. The number of hydrogen-bond donors (Lipinski definition) is 0. The second kappa shape index (κ2) is 10.5. The molecule has 3 aromatic carbocycles. The Morgan fingerprint density at radius 2 is 1.66 bits per heavy atom. The first kappa shape index (κ1) is 24.1. The number of methoxy groups -OCH3 is 3. The minimum atomic E-state index is -0.732. The maximum absolute atomic E-state index is 13.3. The van der Waals surface area contributed by atoms with Crippen LogP contribution >= 0.6 is 15.9 Å². The molecule has 0 unspecified atom stereocenters. The van der Waals surface area contributed by atoms with Crippen LogP contribution in [0.1, 0.15) is 5.56 Å². The lowest BCUT2D eigenvalue weighted by molar-refractivity contribution is -0.129. The van der Waals surface area contributed by atoms with Crippen molar-refractivity contribution in [2.45, 2.75) is 0 Å². The van der Waals surface area contributed by atoms with E-state index in [1.807, 2.05) is 0 Å². The van der Waals surface area contributed by atoms with Gasteiger partial charge in [0.25, 0.3) is 0 Å². The Kier molecular flexibility index (Phi) is 7.22. The molecule has 8 heteroatoms. The zero-order valence-electron chi connectivity index (χ0n) is 19.2. The molecule has 0 saturated carbocycles. The summed E-state index contributed by atoms with van der Waals surface area (Å²) in [5.41, 5.74) is 1.10.